The fraction of sp³-hybridized carbons (Fsp3) is 0.500. The van der Waals surface area contributed by atoms with Crippen molar-refractivity contribution in [2.24, 2.45) is 0 Å². The van der Waals surface area contributed by atoms with Gasteiger partial charge in [-0.1, -0.05) is 0 Å². The molecule has 1 N–H and O–H groups in total. The van der Waals surface area contributed by atoms with Gasteiger partial charge in [-0.15, -0.1) is 0 Å². The van der Waals surface area contributed by atoms with Crippen LogP contribution in [0.25, 0.3) is 11.0 Å². The quantitative estimate of drug-likeness (QED) is 0.913. The van der Waals surface area contributed by atoms with E-state index >= 15 is 0 Å². The van der Waals surface area contributed by atoms with Crippen LogP contribution < -0.4 is 5.32 Å². The van der Waals surface area contributed by atoms with Gasteiger partial charge in [0.15, 0.2) is 0 Å². The predicted molar refractivity (Wildman–Crippen MR) is 70.3 cm³/mol. The van der Waals surface area contributed by atoms with Crippen LogP contribution in [0.5, 0.6) is 0 Å². The molecule has 0 saturated heterocycles. The highest BCUT2D eigenvalue weighted by atomic mass is 19.4. The highest BCUT2D eigenvalue weighted by molar-refractivity contribution is 5.80. The van der Waals surface area contributed by atoms with Crippen LogP contribution in [0.3, 0.4) is 0 Å². The first-order chi connectivity index (χ1) is 9.53. The number of hydrogen-bond donors (Lipinski definition) is 1. The molecule has 0 amide bonds. The summed E-state index contributed by atoms with van der Waals surface area (Å²) in [7, 11) is 0. The Morgan fingerprint density at radius 3 is 2.85 bits per heavy atom. The van der Waals surface area contributed by atoms with E-state index in [1.807, 2.05) is 12.1 Å². The van der Waals surface area contributed by atoms with Gasteiger partial charge in [-0.2, -0.15) is 13.2 Å². The third-order valence-electron chi connectivity index (χ3n) is 3.51. The number of halogens is 3. The number of rotatable bonds is 5. The summed E-state index contributed by atoms with van der Waals surface area (Å²) >= 11 is 0. The molecule has 1 saturated carbocycles. The fourth-order valence-corrected chi connectivity index (χ4v) is 2.30. The summed E-state index contributed by atoms with van der Waals surface area (Å²) in [6.07, 6.45) is 0.805. The first-order valence-corrected chi connectivity index (χ1v) is 6.76. The number of fused-ring (bicyclic) bond motifs is 1. The molecule has 6 heteroatoms. The Bertz CT molecular complexity index is 599. The summed E-state index contributed by atoms with van der Waals surface area (Å²) in [6.45, 7) is 0.603. The molecule has 1 fully saturated rings. The summed E-state index contributed by atoms with van der Waals surface area (Å²) < 4.78 is 38.7. The van der Waals surface area contributed by atoms with Crippen molar-refractivity contribution in [3.8, 4) is 0 Å². The molecule has 20 heavy (non-hydrogen) atoms. The number of hydrogen-bond acceptors (Lipinski definition) is 2. The molecule has 0 spiro atoms. The van der Waals surface area contributed by atoms with Crippen LogP contribution in [0, 0.1) is 0 Å². The van der Waals surface area contributed by atoms with E-state index < -0.39 is 12.6 Å². The first-order valence-electron chi connectivity index (χ1n) is 6.76. The molecule has 1 aliphatic rings. The van der Waals surface area contributed by atoms with Crippen molar-refractivity contribution in [1.82, 2.24) is 14.9 Å². The van der Waals surface area contributed by atoms with Crippen molar-refractivity contribution in [2.45, 2.75) is 44.6 Å². The Labute approximate surface area is 114 Å². The predicted octanol–water partition coefficient (Wildman–Crippen LogP) is 3.24. The topological polar surface area (TPSA) is 29.9 Å². The van der Waals surface area contributed by atoms with Crippen molar-refractivity contribution in [2.75, 3.05) is 0 Å². The van der Waals surface area contributed by atoms with Crippen molar-refractivity contribution in [1.29, 1.82) is 0 Å². The Morgan fingerprint density at radius 2 is 2.15 bits per heavy atom. The van der Waals surface area contributed by atoms with E-state index in [0.717, 1.165) is 10.9 Å². The maximum Gasteiger partial charge on any atom is 0.390 e. The van der Waals surface area contributed by atoms with E-state index in [4.69, 9.17) is 0 Å². The minimum absolute atomic E-state index is 0.0829. The number of alkyl halides is 3. The third kappa shape index (κ3) is 3.12. The lowest BCUT2D eigenvalue weighted by Gasteiger charge is -2.07. The highest BCUT2D eigenvalue weighted by Crippen LogP contribution is 2.25. The molecule has 0 aliphatic heterocycles. The summed E-state index contributed by atoms with van der Waals surface area (Å²) in [5.41, 5.74) is 1.64. The van der Waals surface area contributed by atoms with Gasteiger partial charge in [0, 0.05) is 36.9 Å². The van der Waals surface area contributed by atoms with Gasteiger partial charge in [0.2, 0.25) is 0 Å². The van der Waals surface area contributed by atoms with Gasteiger partial charge in [-0.25, -0.2) is 4.98 Å². The molecule has 0 atom stereocenters. The number of aromatic nitrogens is 2. The Morgan fingerprint density at radius 1 is 1.35 bits per heavy atom. The Kier molecular flexibility index (Phi) is 3.41. The number of aryl methyl sites for hydroxylation is 1. The second-order valence-electron chi connectivity index (χ2n) is 5.24. The molecule has 2 heterocycles. The van der Waals surface area contributed by atoms with Crippen LogP contribution in [0.15, 0.2) is 24.5 Å². The van der Waals surface area contributed by atoms with Gasteiger partial charge in [0.05, 0.1) is 6.42 Å². The third-order valence-corrected chi connectivity index (χ3v) is 3.51. The number of nitrogens with one attached hydrogen (secondary N) is 1. The average molecular weight is 283 g/mol. The SMILES string of the molecule is FC(F)(F)CCn1cc(CNC2CC2)c2cccnc21. The van der Waals surface area contributed by atoms with Gasteiger partial charge in [0.25, 0.3) is 0 Å². The van der Waals surface area contributed by atoms with Gasteiger partial charge in [-0.3, -0.25) is 0 Å². The molecule has 3 nitrogen and oxygen atoms in total. The van der Waals surface area contributed by atoms with Crippen LogP contribution in [0.1, 0.15) is 24.8 Å². The molecule has 0 radical (unpaired) electrons. The average Bonchev–Trinajstić information content (AvgIpc) is 3.16. The second kappa shape index (κ2) is 5.09. The van der Waals surface area contributed by atoms with Crippen molar-refractivity contribution in [3.63, 3.8) is 0 Å². The second-order valence-corrected chi connectivity index (χ2v) is 5.24. The molecular formula is C14H16F3N3. The fourth-order valence-electron chi connectivity index (χ4n) is 2.30. The van der Waals surface area contributed by atoms with E-state index in [0.29, 0.717) is 18.2 Å². The summed E-state index contributed by atoms with van der Waals surface area (Å²) in [5.74, 6) is 0. The summed E-state index contributed by atoms with van der Waals surface area (Å²) in [6, 6.07) is 4.30. The molecule has 0 unspecified atom stereocenters. The lowest BCUT2D eigenvalue weighted by Crippen LogP contribution is -2.15. The maximum atomic E-state index is 12.4. The van der Waals surface area contributed by atoms with Gasteiger partial charge in [-0.05, 0) is 30.5 Å². The van der Waals surface area contributed by atoms with Crippen molar-refractivity contribution >= 4 is 11.0 Å². The van der Waals surface area contributed by atoms with Crippen LogP contribution in [-0.2, 0) is 13.1 Å². The molecule has 2 aromatic rings. The van der Waals surface area contributed by atoms with E-state index in [-0.39, 0.29) is 6.54 Å². The van der Waals surface area contributed by atoms with Gasteiger partial charge in [0.1, 0.15) is 5.65 Å². The zero-order valence-corrected chi connectivity index (χ0v) is 11.0. The monoisotopic (exact) mass is 283 g/mol. The first kappa shape index (κ1) is 13.4. The minimum Gasteiger partial charge on any atom is -0.332 e. The Hall–Kier alpha value is -1.56. The van der Waals surface area contributed by atoms with Gasteiger partial charge >= 0.3 is 6.18 Å². The normalized spacial score (nSPS) is 15.9. The van der Waals surface area contributed by atoms with Crippen LogP contribution in [-0.4, -0.2) is 21.8 Å². The summed E-state index contributed by atoms with van der Waals surface area (Å²) in [5, 5.41) is 4.32. The molecule has 1 aliphatic carbocycles. The standard InChI is InChI=1S/C14H16F3N3/c15-14(16,17)5-7-20-9-10(8-19-11-3-4-11)12-2-1-6-18-13(12)20/h1-2,6,9,11,19H,3-5,7-8H2. The molecule has 0 aromatic carbocycles. The zero-order chi connectivity index (χ0) is 14.2. The Balaban J connectivity index is 1.83. The van der Waals surface area contributed by atoms with Gasteiger partial charge < -0.3 is 9.88 Å². The molecule has 3 rings (SSSR count). The lowest BCUT2D eigenvalue weighted by atomic mass is 10.2. The summed E-state index contributed by atoms with van der Waals surface area (Å²) in [4.78, 5) is 4.21. The number of pyridine rings is 1. The smallest absolute Gasteiger partial charge is 0.332 e. The van der Waals surface area contributed by atoms with Crippen LogP contribution >= 0.6 is 0 Å². The largest absolute Gasteiger partial charge is 0.390 e. The lowest BCUT2D eigenvalue weighted by molar-refractivity contribution is -0.136. The maximum absolute atomic E-state index is 12.4. The van der Waals surface area contributed by atoms with E-state index in [1.165, 1.54) is 12.8 Å². The highest BCUT2D eigenvalue weighted by Gasteiger charge is 2.27. The van der Waals surface area contributed by atoms with E-state index in [2.05, 4.69) is 10.3 Å². The molecule has 0 bridgehead atoms. The molecule has 108 valence electrons. The van der Waals surface area contributed by atoms with Crippen molar-refractivity contribution < 1.29 is 13.2 Å². The van der Waals surface area contributed by atoms with E-state index in [1.54, 1.807) is 17.0 Å². The van der Waals surface area contributed by atoms with Crippen molar-refractivity contribution in [3.05, 3.63) is 30.1 Å². The molecule has 2 aromatic heterocycles. The van der Waals surface area contributed by atoms with Crippen LogP contribution in [0.2, 0.25) is 0 Å². The number of nitrogens with zero attached hydrogens (tertiary/aromatic N) is 2. The van der Waals surface area contributed by atoms with Crippen LogP contribution in [0.4, 0.5) is 13.2 Å². The minimum atomic E-state index is -4.14. The zero-order valence-electron chi connectivity index (χ0n) is 11.0. The molecular weight excluding hydrogens is 267 g/mol. The van der Waals surface area contributed by atoms with E-state index in [9.17, 15) is 13.2 Å².